The van der Waals surface area contributed by atoms with Gasteiger partial charge in [-0.3, -0.25) is 4.79 Å². The van der Waals surface area contributed by atoms with Crippen molar-refractivity contribution >= 4 is 21.7 Å². The van der Waals surface area contributed by atoms with Crippen LogP contribution in [0.1, 0.15) is 58.4 Å². The van der Waals surface area contributed by atoms with Crippen molar-refractivity contribution in [3.63, 3.8) is 0 Å². The van der Waals surface area contributed by atoms with Crippen molar-refractivity contribution in [3.05, 3.63) is 65.6 Å². The molecule has 0 bridgehead atoms. The van der Waals surface area contributed by atoms with E-state index in [-0.39, 0.29) is 24.9 Å². The third kappa shape index (κ3) is 5.36. The van der Waals surface area contributed by atoms with E-state index in [1.165, 1.54) is 18.2 Å². The summed E-state index contributed by atoms with van der Waals surface area (Å²) in [5, 5.41) is -0.231. The summed E-state index contributed by atoms with van der Waals surface area (Å²) in [4.78, 5) is 24.3. The van der Waals surface area contributed by atoms with Gasteiger partial charge >= 0.3 is 0 Å². The molecule has 0 unspecified atom stereocenters. The van der Waals surface area contributed by atoms with Gasteiger partial charge in [0, 0.05) is 32.3 Å². The quantitative estimate of drug-likeness (QED) is 0.408. The molecule has 3 aromatic rings. The van der Waals surface area contributed by atoms with Crippen LogP contribution >= 0.6 is 0 Å². The molecule has 0 atom stereocenters. The van der Waals surface area contributed by atoms with Crippen LogP contribution in [0.3, 0.4) is 0 Å². The molecule has 0 radical (unpaired) electrons. The largest absolute Gasteiger partial charge is 0.493 e. The number of amides is 1. The molecule has 1 saturated carbocycles. The number of anilines is 1. The zero-order chi connectivity index (χ0) is 27.1. The summed E-state index contributed by atoms with van der Waals surface area (Å²) in [7, 11) is -4.19. The number of benzene rings is 1. The molecular weight excluding hydrogens is 507 g/mol. The summed E-state index contributed by atoms with van der Waals surface area (Å²) in [6.45, 7) is 6.85. The maximum atomic E-state index is 14.5. The lowest BCUT2D eigenvalue weighted by Crippen LogP contribution is -2.36. The zero-order valence-corrected chi connectivity index (χ0v) is 22.5. The van der Waals surface area contributed by atoms with Crippen molar-refractivity contribution in [1.29, 1.82) is 0 Å². The third-order valence-electron chi connectivity index (χ3n) is 6.91. The predicted octanol–water partition coefficient (Wildman–Crippen LogP) is 5.37. The molecule has 8 nitrogen and oxygen atoms in total. The second kappa shape index (κ2) is 9.98. The lowest BCUT2D eigenvalue weighted by molar-refractivity contribution is 0.0981. The molecule has 1 saturated heterocycles. The number of pyridine rings is 2. The van der Waals surface area contributed by atoms with Crippen LogP contribution in [0.15, 0.2) is 53.6 Å². The first-order valence-electron chi connectivity index (χ1n) is 12.8. The SMILES string of the molecule is Cc1cccc(S(=O)(=O)NC(=O)c2ccc(-c3cc(F)cc(OCC(C)C)c3)nc2N2CCCC23CC3)n1.[HH].[HH]. The van der Waals surface area contributed by atoms with Crippen molar-refractivity contribution in [2.75, 3.05) is 18.1 Å². The smallest absolute Gasteiger partial charge is 0.281 e. The van der Waals surface area contributed by atoms with Gasteiger partial charge in [0.1, 0.15) is 17.4 Å². The van der Waals surface area contributed by atoms with Crippen LogP contribution in [0.2, 0.25) is 0 Å². The minimum absolute atomic E-state index is 0. The van der Waals surface area contributed by atoms with Gasteiger partial charge in [-0.25, -0.2) is 19.1 Å². The number of carbonyl (C=O) groups excluding carboxylic acids is 1. The van der Waals surface area contributed by atoms with Gasteiger partial charge < -0.3 is 9.64 Å². The maximum absolute atomic E-state index is 14.5. The summed E-state index contributed by atoms with van der Waals surface area (Å²) in [6.07, 6.45) is 3.90. The van der Waals surface area contributed by atoms with E-state index in [9.17, 15) is 17.6 Å². The minimum Gasteiger partial charge on any atom is -0.493 e. The highest BCUT2D eigenvalue weighted by Gasteiger charge is 2.52. The van der Waals surface area contributed by atoms with Crippen molar-refractivity contribution in [3.8, 4) is 17.0 Å². The molecule has 2 aliphatic rings. The molecule has 204 valence electrons. The summed E-state index contributed by atoms with van der Waals surface area (Å²) in [5.74, 6) is -0.166. The molecule has 1 aromatic carbocycles. The highest BCUT2D eigenvalue weighted by Crippen LogP contribution is 2.51. The fraction of sp³-hybridized carbons (Fsp3) is 0.393. The Morgan fingerprint density at radius 3 is 2.66 bits per heavy atom. The average Bonchev–Trinajstić information content (AvgIpc) is 3.52. The third-order valence-corrected chi connectivity index (χ3v) is 8.15. The highest BCUT2D eigenvalue weighted by atomic mass is 32.2. The number of aryl methyl sites for hydroxylation is 1. The Morgan fingerprint density at radius 1 is 1.16 bits per heavy atom. The maximum Gasteiger partial charge on any atom is 0.281 e. The van der Waals surface area contributed by atoms with Crippen LogP contribution in [0, 0.1) is 18.7 Å². The van der Waals surface area contributed by atoms with E-state index in [0.29, 0.717) is 41.7 Å². The van der Waals surface area contributed by atoms with E-state index in [0.717, 1.165) is 25.7 Å². The van der Waals surface area contributed by atoms with E-state index in [1.54, 1.807) is 37.3 Å². The average molecular weight is 543 g/mol. The van der Waals surface area contributed by atoms with Crippen LogP contribution in [0.4, 0.5) is 10.2 Å². The molecule has 2 fully saturated rings. The second-order valence-electron chi connectivity index (χ2n) is 10.5. The Kier molecular flexibility index (Phi) is 6.85. The number of halogens is 1. The van der Waals surface area contributed by atoms with Crippen molar-refractivity contribution in [2.24, 2.45) is 5.92 Å². The lowest BCUT2D eigenvalue weighted by atomic mass is 10.1. The van der Waals surface area contributed by atoms with E-state index in [2.05, 4.69) is 14.6 Å². The number of rotatable bonds is 8. The van der Waals surface area contributed by atoms with Crippen LogP contribution in [-0.2, 0) is 10.0 Å². The highest BCUT2D eigenvalue weighted by molar-refractivity contribution is 7.90. The van der Waals surface area contributed by atoms with Gasteiger partial charge in [0.25, 0.3) is 15.9 Å². The number of hydrogen-bond donors (Lipinski definition) is 1. The molecule has 1 aliphatic heterocycles. The van der Waals surface area contributed by atoms with Crippen molar-refractivity contribution in [2.45, 2.75) is 57.0 Å². The van der Waals surface area contributed by atoms with Gasteiger partial charge in [-0.05, 0) is 74.9 Å². The summed E-state index contributed by atoms with van der Waals surface area (Å²) < 4.78 is 48.3. The van der Waals surface area contributed by atoms with Crippen molar-refractivity contribution < 1.29 is 25.2 Å². The summed E-state index contributed by atoms with van der Waals surface area (Å²) >= 11 is 0. The summed E-state index contributed by atoms with van der Waals surface area (Å²) in [6, 6.07) is 12.2. The van der Waals surface area contributed by atoms with Gasteiger partial charge in [-0.1, -0.05) is 19.9 Å². The van der Waals surface area contributed by atoms with Crippen molar-refractivity contribution in [1.82, 2.24) is 14.7 Å². The molecular formula is C28H35FN4O4S. The monoisotopic (exact) mass is 542 g/mol. The normalized spacial score (nSPS) is 16.2. The topological polar surface area (TPSA) is 101 Å². The minimum atomic E-state index is -4.19. The van der Waals surface area contributed by atoms with Crippen LogP contribution in [-0.4, -0.2) is 43.0 Å². The second-order valence-corrected chi connectivity index (χ2v) is 12.1. The van der Waals surface area contributed by atoms with Gasteiger partial charge in [-0.15, -0.1) is 0 Å². The molecule has 1 aliphatic carbocycles. The number of aromatic nitrogens is 2. The molecule has 1 N–H and O–H groups in total. The summed E-state index contributed by atoms with van der Waals surface area (Å²) in [5.41, 5.74) is 1.58. The predicted molar refractivity (Wildman–Crippen MR) is 146 cm³/mol. The zero-order valence-electron chi connectivity index (χ0n) is 21.7. The van der Waals surface area contributed by atoms with E-state index < -0.39 is 21.7 Å². The molecule has 10 heteroatoms. The molecule has 5 rings (SSSR count). The van der Waals surface area contributed by atoms with Gasteiger partial charge in [0.15, 0.2) is 5.03 Å². The number of nitrogens with one attached hydrogen (secondary N) is 1. The number of hydrogen-bond acceptors (Lipinski definition) is 7. The first-order chi connectivity index (χ1) is 18.1. The number of ether oxygens (including phenoxy) is 1. The molecule has 1 amide bonds. The number of carbonyl (C=O) groups is 1. The van der Waals surface area contributed by atoms with Crippen LogP contribution < -0.4 is 14.4 Å². The van der Waals surface area contributed by atoms with E-state index >= 15 is 0 Å². The molecule has 2 aromatic heterocycles. The van der Waals surface area contributed by atoms with Gasteiger partial charge in [0.05, 0.1) is 17.9 Å². The Hall–Kier alpha value is -3.53. The molecule has 3 heterocycles. The fourth-order valence-electron chi connectivity index (χ4n) is 4.88. The molecule has 38 heavy (non-hydrogen) atoms. The first-order valence-corrected chi connectivity index (χ1v) is 14.3. The van der Waals surface area contributed by atoms with E-state index in [1.807, 2.05) is 13.8 Å². The Morgan fingerprint density at radius 2 is 1.95 bits per heavy atom. The Bertz CT molecular complexity index is 1500. The number of nitrogens with zero attached hydrogens (tertiary/aromatic N) is 3. The van der Waals surface area contributed by atoms with Gasteiger partial charge in [-0.2, -0.15) is 8.42 Å². The lowest BCUT2D eigenvalue weighted by Gasteiger charge is -2.28. The van der Waals surface area contributed by atoms with Crippen LogP contribution in [0.25, 0.3) is 11.3 Å². The standard InChI is InChI=1S/C28H31FN4O4S.2H2/c1-18(2)17-37-22-15-20(14-21(29)16-22)24-9-8-23(26(31-24)33-13-5-10-28(33)11-12-28)27(34)32-38(35,36)25-7-4-6-19(3)30-25;;/h4,6-9,14-16,18H,5,10-13,17H2,1-3H3,(H,32,34);2*1H. The Labute approximate surface area is 225 Å². The van der Waals surface area contributed by atoms with Crippen LogP contribution in [0.5, 0.6) is 5.75 Å². The Balaban J connectivity index is 0.00000220. The van der Waals surface area contributed by atoms with Gasteiger partial charge in [0.2, 0.25) is 0 Å². The first kappa shape index (κ1) is 26.1. The van der Waals surface area contributed by atoms with E-state index in [4.69, 9.17) is 9.72 Å². The fourth-order valence-corrected chi connectivity index (χ4v) is 5.86. The number of sulfonamides is 1. The molecule has 1 spiro atoms.